The Balaban J connectivity index is 1.11. The number of piperazine rings is 1. The van der Waals surface area contributed by atoms with E-state index in [0.717, 1.165) is 78.8 Å². The van der Waals surface area contributed by atoms with Crippen molar-refractivity contribution in [2.75, 3.05) is 46.2 Å². The zero-order valence-corrected chi connectivity index (χ0v) is 18.8. The van der Waals surface area contributed by atoms with Crippen LogP contribution in [0.1, 0.15) is 37.7 Å². The molecule has 4 aliphatic rings. The number of hydrogen-bond donors (Lipinski definition) is 0. The molecule has 33 heavy (non-hydrogen) atoms. The Hall–Kier alpha value is -2.91. The molecule has 0 atom stereocenters. The molecule has 176 valence electrons. The van der Waals surface area contributed by atoms with E-state index in [1.807, 2.05) is 18.2 Å². The van der Waals surface area contributed by atoms with Crippen molar-refractivity contribution in [3.63, 3.8) is 0 Å². The second kappa shape index (κ2) is 9.52. The second-order valence-electron chi connectivity index (χ2n) is 9.05. The molecule has 0 spiro atoms. The Morgan fingerprint density at radius 3 is 2.39 bits per heavy atom. The maximum atomic E-state index is 12.8. The Labute approximate surface area is 193 Å². The van der Waals surface area contributed by atoms with Crippen molar-refractivity contribution in [3.8, 4) is 11.5 Å². The van der Waals surface area contributed by atoms with Crippen molar-refractivity contribution in [1.82, 2.24) is 19.6 Å². The lowest BCUT2D eigenvalue weighted by atomic mass is 9.97. The Bertz CT molecular complexity index is 970. The largest absolute Gasteiger partial charge is 0.454 e. The molecule has 9 nitrogen and oxygen atoms in total. The lowest BCUT2D eigenvalue weighted by Crippen LogP contribution is -2.51. The van der Waals surface area contributed by atoms with Crippen molar-refractivity contribution in [1.29, 1.82) is 0 Å². The van der Waals surface area contributed by atoms with Crippen molar-refractivity contribution >= 4 is 17.8 Å². The van der Waals surface area contributed by atoms with Gasteiger partial charge in [0.2, 0.25) is 6.79 Å². The van der Waals surface area contributed by atoms with E-state index < -0.39 is 17.8 Å². The zero-order chi connectivity index (χ0) is 22.8. The lowest BCUT2D eigenvalue weighted by molar-refractivity contribution is -0.144. The van der Waals surface area contributed by atoms with Gasteiger partial charge in [-0.05, 0) is 49.8 Å². The summed E-state index contributed by atoms with van der Waals surface area (Å²) in [5.41, 5.74) is 2.44. The third-order valence-corrected chi connectivity index (χ3v) is 6.83. The molecule has 4 amide bonds. The van der Waals surface area contributed by atoms with E-state index in [1.165, 1.54) is 12.0 Å². The monoisotopic (exact) mass is 454 g/mol. The number of carbonyl (C=O) groups is 3. The normalized spacial score (nSPS) is 21.8. The van der Waals surface area contributed by atoms with Crippen molar-refractivity contribution in [3.05, 3.63) is 35.4 Å². The highest BCUT2D eigenvalue weighted by molar-refractivity contribution is 6.44. The Morgan fingerprint density at radius 2 is 1.61 bits per heavy atom. The zero-order valence-electron chi connectivity index (χ0n) is 18.8. The van der Waals surface area contributed by atoms with Crippen LogP contribution in [0.5, 0.6) is 11.5 Å². The molecule has 0 saturated carbocycles. The van der Waals surface area contributed by atoms with E-state index in [1.54, 1.807) is 0 Å². The van der Waals surface area contributed by atoms with Gasteiger partial charge in [0.25, 0.3) is 0 Å². The van der Waals surface area contributed by atoms with Crippen molar-refractivity contribution < 1.29 is 23.9 Å². The molecule has 0 bridgehead atoms. The van der Waals surface area contributed by atoms with Gasteiger partial charge in [-0.1, -0.05) is 17.7 Å². The first-order chi connectivity index (χ1) is 16.1. The maximum absolute atomic E-state index is 12.8. The summed E-state index contributed by atoms with van der Waals surface area (Å²) in [6.45, 7) is 4.60. The summed E-state index contributed by atoms with van der Waals surface area (Å²) in [6, 6.07) is 5.51. The summed E-state index contributed by atoms with van der Waals surface area (Å²) >= 11 is 0. The fourth-order valence-corrected chi connectivity index (χ4v) is 4.85. The van der Waals surface area contributed by atoms with Crippen LogP contribution in [0.25, 0.3) is 0 Å². The van der Waals surface area contributed by atoms with Crippen LogP contribution in [0.3, 0.4) is 0 Å². The first-order valence-corrected chi connectivity index (χ1v) is 11.8. The standard InChI is InChI=1S/C24H30N4O5/c29-22-23(30)28(24(31)27(22)9-8-18-4-2-1-3-5-18)16-26-12-10-25(11-13-26)15-19-6-7-20-21(14-19)33-17-32-20/h4,6-7,14H,1-3,5,8-13,15-17H2. The molecule has 3 heterocycles. The number of urea groups is 1. The van der Waals surface area contributed by atoms with Gasteiger partial charge in [-0.25, -0.2) is 9.69 Å². The Morgan fingerprint density at radius 1 is 0.848 bits per heavy atom. The smallest absolute Gasteiger partial charge is 0.335 e. The number of imide groups is 2. The molecule has 1 aromatic carbocycles. The van der Waals surface area contributed by atoms with Crippen LogP contribution < -0.4 is 9.47 Å². The molecule has 0 aromatic heterocycles. The van der Waals surface area contributed by atoms with Gasteiger partial charge >= 0.3 is 17.8 Å². The van der Waals surface area contributed by atoms with Gasteiger partial charge in [0.1, 0.15) is 0 Å². The molecular formula is C24H30N4O5. The minimum Gasteiger partial charge on any atom is -0.454 e. The van der Waals surface area contributed by atoms with Gasteiger partial charge in [-0.3, -0.25) is 24.3 Å². The molecule has 1 aromatic rings. The van der Waals surface area contributed by atoms with Crippen LogP contribution in [-0.2, 0) is 16.1 Å². The van der Waals surface area contributed by atoms with Gasteiger partial charge in [-0.15, -0.1) is 0 Å². The van der Waals surface area contributed by atoms with Gasteiger partial charge in [0.15, 0.2) is 11.5 Å². The number of ether oxygens (including phenoxy) is 2. The molecule has 2 fully saturated rings. The highest BCUT2D eigenvalue weighted by Gasteiger charge is 2.44. The summed E-state index contributed by atoms with van der Waals surface area (Å²) in [7, 11) is 0. The summed E-state index contributed by atoms with van der Waals surface area (Å²) in [5, 5.41) is 0. The highest BCUT2D eigenvalue weighted by atomic mass is 16.7. The summed E-state index contributed by atoms with van der Waals surface area (Å²) in [5.74, 6) is 0.159. The number of benzene rings is 1. The highest BCUT2D eigenvalue weighted by Crippen LogP contribution is 2.33. The van der Waals surface area contributed by atoms with Gasteiger partial charge in [0.05, 0.1) is 6.67 Å². The fraction of sp³-hybridized carbons (Fsp3) is 0.542. The Kier molecular flexibility index (Phi) is 6.32. The molecule has 2 saturated heterocycles. The molecule has 1 aliphatic carbocycles. The molecule has 0 N–H and O–H groups in total. The third kappa shape index (κ3) is 4.74. The van der Waals surface area contributed by atoms with E-state index >= 15 is 0 Å². The maximum Gasteiger partial charge on any atom is 0.335 e. The summed E-state index contributed by atoms with van der Waals surface area (Å²) < 4.78 is 10.8. The van der Waals surface area contributed by atoms with Crippen LogP contribution in [0.15, 0.2) is 29.8 Å². The predicted octanol–water partition coefficient (Wildman–Crippen LogP) is 2.17. The SMILES string of the molecule is O=C1C(=O)N(CN2CCN(Cc3ccc4c(c3)OCO4)CC2)C(=O)N1CCC1=CCCCC1. The van der Waals surface area contributed by atoms with Crippen LogP contribution in [0.4, 0.5) is 4.79 Å². The van der Waals surface area contributed by atoms with E-state index in [9.17, 15) is 14.4 Å². The molecule has 9 heteroatoms. The molecule has 0 radical (unpaired) electrons. The second-order valence-corrected chi connectivity index (χ2v) is 9.05. The number of fused-ring (bicyclic) bond motifs is 1. The summed E-state index contributed by atoms with van der Waals surface area (Å²) in [6.07, 6.45) is 7.29. The minimum atomic E-state index is -0.708. The number of allylic oxidation sites excluding steroid dienone is 1. The minimum absolute atomic E-state index is 0.167. The quantitative estimate of drug-likeness (QED) is 0.355. The average Bonchev–Trinajstić information content (AvgIpc) is 3.38. The van der Waals surface area contributed by atoms with Gasteiger partial charge < -0.3 is 9.47 Å². The first-order valence-electron chi connectivity index (χ1n) is 11.8. The molecule has 5 rings (SSSR count). The average molecular weight is 455 g/mol. The fourth-order valence-electron chi connectivity index (χ4n) is 4.85. The molecule has 3 aliphatic heterocycles. The number of amides is 4. The van der Waals surface area contributed by atoms with Crippen LogP contribution in [0.2, 0.25) is 0 Å². The summed E-state index contributed by atoms with van der Waals surface area (Å²) in [4.78, 5) is 44.3. The third-order valence-electron chi connectivity index (χ3n) is 6.83. The molecular weight excluding hydrogens is 424 g/mol. The van der Waals surface area contributed by atoms with Crippen molar-refractivity contribution in [2.45, 2.75) is 38.6 Å². The number of rotatable bonds is 7. The van der Waals surface area contributed by atoms with E-state index in [0.29, 0.717) is 6.42 Å². The number of carbonyl (C=O) groups excluding carboxylic acids is 3. The van der Waals surface area contributed by atoms with E-state index in [4.69, 9.17) is 9.47 Å². The van der Waals surface area contributed by atoms with Crippen molar-refractivity contribution in [2.24, 2.45) is 0 Å². The van der Waals surface area contributed by atoms with E-state index in [-0.39, 0.29) is 20.0 Å². The first kappa shape index (κ1) is 21.9. The van der Waals surface area contributed by atoms with Crippen LogP contribution in [-0.4, -0.2) is 83.6 Å². The van der Waals surface area contributed by atoms with Crippen LogP contribution >= 0.6 is 0 Å². The predicted molar refractivity (Wildman–Crippen MR) is 119 cm³/mol. The van der Waals surface area contributed by atoms with Gasteiger partial charge in [-0.2, -0.15) is 0 Å². The topological polar surface area (TPSA) is 82.6 Å². The number of hydrogen-bond acceptors (Lipinski definition) is 7. The number of nitrogens with zero attached hydrogens (tertiary/aromatic N) is 4. The molecule has 0 unspecified atom stereocenters. The van der Waals surface area contributed by atoms with Gasteiger partial charge in [0, 0.05) is 39.3 Å². The lowest BCUT2D eigenvalue weighted by Gasteiger charge is -2.35. The van der Waals surface area contributed by atoms with E-state index in [2.05, 4.69) is 15.9 Å². The van der Waals surface area contributed by atoms with Crippen LogP contribution in [0, 0.1) is 0 Å².